The highest BCUT2D eigenvalue weighted by Gasteiger charge is 2.20. The predicted octanol–water partition coefficient (Wildman–Crippen LogP) is 6.27. The van der Waals surface area contributed by atoms with Gasteiger partial charge in [-0.25, -0.2) is 0 Å². The molecule has 2 aromatic rings. The maximum absolute atomic E-state index is 11.7. The summed E-state index contributed by atoms with van der Waals surface area (Å²) in [5.41, 5.74) is 3.47. The van der Waals surface area contributed by atoms with E-state index in [0.717, 1.165) is 24.0 Å². The van der Waals surface area contributed by atoms with Gasteiger partial charge in [0.1, 0.15) is 0 Å². The third-order valence-electron chi connectivity index (χ3n) is 4.74. The van der Waals surface area contributed by atoms with Crippen molar-refractivity contribution in [1.29, 1.82) is 0 Å². The van der Waals surface area contributed by atoms with Crippen molar-refractivity contribution in [3.8, 4) is 0 Å². The molecule has 3 heteroatoms. The fraction of sp³-hybridized carbons (Fsp3) is 0.435. The van der Waals surface area contributed by atoms with Crippen molar-refractivity contribution in [3.05, 3.63) is 71.3 Å². The lowest BCUT2D eigenvalue weighted by Gasteiger charge is -2.13. The SMILES string of the molecule is COC(=O)C(Cl)c1ccccc1CCCCCCCCc1ccccc1. The molecule has 0 N–H and O–H groups in total. The van der Waals surface area contributed by atoms with Crippen LogP contribution >= 0.6 is 11.6 Å². The van der Waals surface area contributed by atoms with Crippen LogP contribution in [0, 0.1) is 0 Å². The molecule has 1 unspecified atom stereocenters. The number of aryl methyl sites for hydroxylation is 2. The summed E-state index contributed by atoms with van der Waals surface area (Å²) in [6, 6.07) is 18.6. The highest BCUT2D eigenvalue weighted by molar-refractivity contribution is 6.30. The summed E-state index contributed by atoms with van der Waals surface area (Å²) in [6.07, 6.45) is 9.58. The molecule has 1 atom stereocenters. The number of hydrogen-bond donors (Lipinski definition) is 0. The summed E-state index contributed by atoms with van der Waals surface area (Å²) < 4.78 is 4.76. The second-order valence-corrected chi connectivity index (χ2v) is 7.13. The molecule has 0 saturated heterocycles. The van der Waals surface area contributed by atoms with E-state index in [1.165, 1.54) is 51.2 Å². The minimum atomic E-state index is -0.714. The molecule has 2 rings (SSSR count). The molecular weight excluding hydrogens is 344 g/mol. The van der Waals surface area contributed by atoms with Crippen LogP contribution in [0.15, 0.2) is 54.6 Å². The summed E-state index contributed by atoms with van der Waals surface area (Å²) in [5, 5.41) is -0.714. The maximum atomic E-state index is 11.7. The molecule has 0 saturated carbocycles. The molecule has 0 fully saturated rings. The Balaban J connectivity index is 1.63. The molecule has 0 aliphatic rings. The molecule has 0 bridgehead atoms. The first kappa shape index (κ1) is 20.5. The third-order valence-corrected chi connectivity index (χ3v) is 5.15. The molecule has 0 heterocycles. The van der Waals surface area contributed by atoms with E-state index in [4.69, 9.17) is 16.3 Å². The lowest BCUT2D eigenvalue weighted by Crippen LogP contribution is -2.10. The summed E-state index contributed by atoms with van der Waals surface area (Å²) >= 11 is 6.24. The zero-order chi connectivity index (χ0) is 18.6. The van der Waals surface area contributed by atoms with Crippen LogP contribution in [0.4, 0.5) is 0 Å². The Morgan fingerprint density at radius 3 is 2.12 bits per heavy atom. The van der Waals surface area contributed by atoms with Crippen molar-refractivity contribution >= 4 is 17.6 Å². The van der Waals surface area contributed by atoms with E-state index in [1.54, 1.807) is 0 Å². The first-order valence-corrected chi connectivity index (χ1v) is 9.99. The summed E-state index contributed by atoms with van der Waals surface area (Å²) in [5.74, 6) is -0.391. The van der Waals surface area contributed by atoms with Gasteiger partial charge in [0.05, 0.1) is 7.11 Å². The van der Waals surface area contributed by atoms with Crippen LogP contribution in [0.5, 0.6) is 0 Å². The van der Waals surface area contributed by atoms with E-state index >= 15 is 0 Å². The monoisotopic (exact) mass is 372 g/mol. The summed E-state index contributed by atoms with van der Waals surface area (Å²) in [6.45, 7) is 0. The van der Waals surface area contributed by atoms with Crippen LogP contribution in [-0.4, -0.2) is 13.1 Å². The topological polar surface area (TPSA) is 26.3 Å². The van der Waals surface area contributed by atoms with E-state index in [9.17, 15) is 4.79 Å². The molecule has 2 nitrogen and oxygen atoms in total. The Labute approximate surface area is 162 Å². The molecule has 0 aromatic heterocycles. The zero-order valence-corrected chi connectivity index (χ0v) is 16.4. The van der Waals surface area contributed by atoms with E-state index < -0.39 is 11.3 Å². The Morgan fingerprint density at radius 2 is 1.42 bits per heavy atom. The second-order valence-electron chi connectivity index (χ2n) is 6.69. The zero-order valence-electron chi connectivity index (χ0n) is 15.6. The van der Waals surface area contributed by atoms with Gasteiger partial charge in [-0.1, -0.05) is 80.3 Å². The van der Waals surface area contributed by atoms with Crippen LogP contribution in [0.2, 0.25) is 0 Å². The first-order chi connectivity index (χ1) is 12.7. The predicted molar refractivity (Wildman–Crippen MR) is 109 cm³/mol. The highest BCUT2D eigenvalue weighted by Crippen LogP contribution is 2.26. The maximum Gasteiger partial charge on any atom is 0.328 e. The molecule has 140 valence electrons. The number of ether oxygens (including phenoxy) is 1. The molecule has 2 aromatic carbocycles. The number of carbonyl (C=O) groups excluding carboxylic acids is 1. The standard InChI is InChI=1S/C23H29ClO2/c1-26-23(25)22(24)21-18-12-11-17-20(21)16-10-5-3-2-4-7-13-19-14-8-6-9-15-19/h6,8-9,11-12,14-15,17-18,22H,2-5,7,10,13,16H2,1H3. The number of methoxy groups -OCH3 is 1. The fourth-order valence-electron chi connectivity index (χ4n) is 3.24. The summed E-state index contributed by atoms with van der Waals surface area (Å²) in [7, 11) is 1.37. The van der Waals surface area contributed by atoms with Crippen molar-refractivity contribution < 1.29 is 9.53 Å². The molecule has 0 aliphatic carbocycles. The van der Waals surface area contributed by atoms with E-state index in [-0.39, 0.29) is 0 Å². The number of carbonyl (C=O) groups is 1. The van der Waals surface area contributed by atoms with E-state index in [2.05, 4.69) is 36.4 Å². The van der Waals surface area contributed by atoms with Gasteiger partial charge in [-0.05, 0) is 42.4 Å². The van der Waals surface area contributed by atoms with E-state index in [0.29, 0.717) is 0 Å². The molecule has 0 radical (unpaired) electrons. The Morgan fingerprint density at radius 1 is 0.846 bits per heavy atom. The minimum Gasteiger partial charge on any atom is -0.468 e. The van der Waals surface area contributed by atoms with Gasteiger partial charge in [0.2, 0.25) is 0 Å². The van der Waals surface area contributed by atoms with Crippen LogP contribution in [0.25, 0.3) is 0 Å². The number of hydrogen-bond acceptors (Lipinski definition) is 2. The first-order valence-electron chi connectivity index (χ1n) is 9.56. The summed E-state index contributed by atoms with van der Waals surface area (Å²) in [4.78, 5) is 11.7. The average molecular weight is 373 g/mol. The van der Waals surface area contributed by atoms with Gasteiger partial charge in [-0.3, -0.25) is 4.79 Å². The number of benzene rings is 2. The van der Waals surface area contributed by atoms with Crippen LogP contribution in [0.1, 0.15) is 60.6 Å². The van der Waals surface area contributed by atoms with Crippen LogP contribution < -0.4 is 0 Å². The Hall–Kier alpha value is -1.80. The van der Waals surface area contributed by atoms with Gasteiger partial charge in [-0.15, -0.1) is 11.6 Å². The highest BCUT2D eigenvalue weighted by atomic mass is 35.5. The van der Waals surface area contributed by atoms with Gasteiger partial charge in [-0.2, -0.15) is 0 Å². The molecule has 26 heavy (non-hydrogen) atoms. The number of rotatable bonds is 11. The van der Waals surface area contributed by atoms with Gasteiger partial charge in [0.15, 0.2) is 5.38 Å². The molecule has 0 spiro atoms. The minimum absolute atomic E-state index is 0.391. The normalized spacial score (nSPS) is 11.9. The molecule has 0 amide bonds. The molecular formula is C23H29ClO2. The Kier molecular flexibility index (Phi) is 9.27. The van der Waals surface area contributed by atoms with Crippen molar-refractivity contribution in [2.24, 2.45) is 0 Å². The second kappa shape index (κ2) is 11.7. The average Bonchev–Trinajstić information content (AvgIpc) is 2.70. The number of alkyl halides is 1. The largest absolute Gasteiger partial charge is 0.468 e. The lowest BCUT2D eigenvalue weighted by molar-refractivity contribution is -0.140. The third kappa shape index (κ3) is 6.84. The van der Waals surface area contributed by atoms with Crippen LogP contribution in [0.3, 0.4) is 0 Å². The van der Waals surface area contributed by atoms with Gasteiger partial charge < -0.3 is 4.74 Å². The van der Waals surface area contributed by atoms with Gasteiger partial charge in [0, 0.05) is 0 Å². The van der Waals surface area contributed by atoms with Crippen LogP contribution in [-0.2, 0) is 22.4 Å². The Bertz CT molecular complexity index is 654. The fourth-order valence-corrected chi connectivity index (χ4v) is 3.54. The van der Waals surface area contributed by atoms with Crippen molar-refractivity contribution in [1.82, 2.24) is 0 Å². The molecule has 0 aliphatic heterocycles. The van der Waals surface area contributed by atoms with E-state index in [1.807, 2.05) is 18.2 Å². The van der Waals surface area contributed by atoms with Crippen molar-refractivity contribution in [3.63, 3.8) is 0 Å². The smallest absolute Gasteiger partial charge is 0.328 e. The number of unbranched alkanes of at least 4 members (excludes halogenated alkanes) is 5. The van der Waals surface area contributed by atoms with Gasteiger partial charge >= 0.3 is 5.97 Å². The number of esters is 1. The number of halogens is 1. The lowest BCUT2D eigenvalue weighted by atomic mass is 9.98. The van der Waals surface area contributed by atoms with Crippen molar-refractivity contribution in [2.75, 3.05) is 7.11 Å². The van der Waals surface area contributed by atoms with Crippen molar-refractivity contribution in [2.45, 2.75) is 56.7 Å². The van der Waals surface area contributed by atoms with Gasteiger partial charge in [0.25, 0.3) is 0 Å². The quantitative estimate of drug-likeness (QED) is 0.264.